The number of aromatic carboxylic acids is 1. The van der Waals surface area contributed by atoms with Gasteiger partial charge in [0.1, 0.15) is 4.88 Å². The van der Waals surface area contributed by atoms with Gasteiger partial charge in [-0.05, 0) is 31.2 Å². The van der Waals surface area contributed by atoms with Gasteiger partial charge in [-0.2, -0.15) is 0 Å². The van der Waals surface area contributed by atoms with E-state index in [1.807, 2.05) is 31.2 Å². The second-order valence-electron chi connectivity index (χ2n) is 3.78. The van der Waals surface area contributed by atoms with Gasteiger partial charge in [0.05, 0.1) is 17.2 Å². The van der Waals surface area contributed by atoms with Crippen LogP contribution >= 0.6 is 11.3 Å². The number of anilines is 1. The summed E-state index contributed by atoms with van der Waals surface area (Å²) in [6.45, 7) is 3.55. The second kappa shape index (κ2) is 5.64. The van der Waals surface area contributed by atoms with Gasteiger partial charge >= 0.3 is 5.97 Å². The molecule has 18 heavy (non-hydrogen) atoms. The van der Waals surface area contributed by atoms with Crippen LogP contribution in [0, 0.1) is 0 Å². The van der Waals surface area contributed by atoms with Crippen LogP contribution in [-0.2, 0) is 6.54 Å². The third-order valence-electron chi connectivity index (χ3n) is 2.57. The fraction of sp³-hybridized carbons (Fsp3) is 0.231. The van der Waals surface area contributed by atoms with Crippen molar-refractivity contribution in [2.24, 2.45) is 0 Å². The molecule has 0 fully saturated rings. The predicted molar refractivity (Wildman–Crippen MR) is 72.2 cm³/mol. The fourth-order valence-electron chi connectivity index (χ4n) is 1.65. The summed E-state index contributed by atoms with van der Waals surface area (Å²) in [5.41, 5.74) is 0.977. The van der Waals surface area contributed by atoms with E-state index >= 15 is 0 Å². The Morgan fingerprint density at radius 1 is 1.39 bits per heavy atom. The lowest BCUT2D eigenvalue weighted by atomic mass is 10.3. The minimum absolute atomic E-state index is 0.365. The molecule has 0 aliphatic rings. The first-order valence-electron chi connectivity index (χ1n) is 5.68. The summed E-state index contributed by atoms with van der Waals surface area (Å²) in [5.74, 6) is -0.875. The van der Waals surface area contributed by atoms with Gasteiger partial charge in [-0.1, -0.05) is 6.07 Å². The number of nitrogens with zero attached hydrogens (tertiary/aromatic N) is 2. The molecular formula is C13H14N2O2S. The Labute approximate surface area is 110 Å². The zero-order valence-corrected chi connectivity index (χ0v) is 10.9. The molecule has 2 heterocycles. The zero-order chi connectivity index (χ0) is 13.0. The molecule has 2 aromatic rings. The molecule has 0 atom stereocenters. The summed E-state index contributed by atoms with van der Waals surface area (Å²) in [4.78, 5) is 17.6. The van der Waals surface area contributed by atoms with E-state index < -0.39 is 5.97 Å². The number of hydrogen-bond donors (Lipinski definition) is 1. The van der Waals surface area contributed by atoms with Crippen molar-refractivity contribution in [1.82, 2.24) is 4.98 Å². The molecule has 5 heteroatoms. The van der Waals surface area contributed by atoms with Crippen molar-refractivity contribution in [2.75, 3.05) is 11.4 Å². The molecule has 0 saturated heterocycles. The van der Waals surface area contributed by atoms with Crippen molar-refractivity contribution in [2.45, 2.75) is 13.5 Å². The summed E-state index contributed by atoms with van der Waals surface area (Å²) in [6, 6.07) is 9.29. The number of thiophene rings is 1. The smallest absolute Gasteiger partial charge is 0.345 e. The summed E-state index contributed by atoms with van der Waals surface area (Å²) < 4.78 is 0. The van der Waals surface area contributed by atoms with Gasteiger partial charge < -0.3 is 10.0 Å². The van der Waals surface area contributed by atoms with Crippen LogP contribution in [0.1, 0.15) is 22.3 Å². The van der Waals surface area contributed by atoms with E-state index in [2.05, 4.69) is 9.88 Å². The Morgan fingerprint density at radius 2 is 2.22 bits per heavy atom. The van der Waals surface area contributed by atoms with Gasteiger partial charge in [0.15, 0.2) is 0 Å². The van der Waals surface area contributed by atoms with Gasteiger partial charge in [-0.3, -0.25) is 4.98 Å². The van der Waals surface area contributed by atoms with E-state index in [9.17, 15) is 4.79 Å². The first kappa shape index (κ1) is 12.6. The average molecular weight is 262 g/mol. The monoisotopic (exact) mass is 262 g/mol. The number of carboxylic acids is 1. The summed E-state index contributed by atoms with van der Waals surface area (Å²) in [7, 11) is 0. The molecule has 0 unspecified atom stereocenters. The summed E-state index contributed by atoms with van der Waals surface area (Å²) in [5, 5.41) is 9.88. The fourth-order valence-corrected chi connectivity index (χ4v) is 2.55. The van der Waals surface area contributed by atoms with E-state index in [1.165, 1.54) is 11.3 Å². The highest BCUT2D eigenvalue weighted by Crippen LogP contribution is 2.26. The second-order valence-corrected chi connectivity index (χ2v) is 4.84. The third kappa shape index (κ3) is 2.87. The molecule has 94 valence electrons. The Morgan fingerprint density at radius 3 is 2.78 bits per heavy atom. The van der Waals surface area contributed by atoms with Crippen molar-refractivity contribution in [3.63, 3.8) is 0 Å². The first-order valence-corrected chi connectivity index (χ1v) is 6.50. The largest absolute Gasteiger partial charge is 0.477 e. The van der Waals surface area contributed by atoms with E-state index in [0.29, 0.717) is 11.4 Å². The predicted octanol–water partition coefficient (Wildman–Crippen LogP) is 2.87. The van der Waals surface area contributed by atoms with E-state index in [4.69, 9.17) is 5.11 Å². The maximum atomic E-state index is 10.9. The molecule has 2 aromatic heterocycles. The lowest BCUT2D eigenvalue weighted by Crippen LogP contribution is -2.21. The maximum absolute atomic E-state index is 10.9. The van der Waals surface area contributed by atoms with Crippen molar-refractivity contribution < 1.29 is 9.90 Å². The normalized spacial score (nSPS) is 10.3. The van der Waals surface area contributed by atoms with Crippen LogP contribution < -0.4 is 4.90 Å². The van der Waals surface area contributed by atoms with Crippen LogP contribution in [-0.4, -0.2) is 22.6 Å². The Kier molecular flexibility index (Phi) is 3.94. The molecular weight excluding hydrogens is 248 g/mol. The Balaban J connectivity index is 2.15. The van der Waals surface area contributed by atoms with Crippen molar-refractivity contribution >= 4 is 22.3 Å². The quantitative estimate of drug-likeness (QED) is 0.900. The van der Waals surface area contributed by atoms with Crippen LogP contribution in [0.4, 0.5) is 5.00 Å². The highest BCUT2D eigenvalue weighted by Gasteiger charge is 2.12. The molecule has 1 N–H and O–H groups in total. The molecule has 2 rings (SSSR count). The number of carboxylic acid groups (broad SMARTS) is 1. The van der Waals surface area contributed by atoms with E-state index in [-0.39, 0.29) is 0 Å². The van der Waals surface area contributed by atoms with Gasteiger partial charge in [-0.15, -0.1) is 11.3 Å². The number of pyridine rings is 1. The number of rotatable bonds is 5. The molecule has 0 aliphatic carbocycles. The molecule has 0 aliphatic heterocycles. The van der Waals surface area contributed by atoms with Crippen molar-refractivity contribution in [1.29, 1.82) is 0 Å². The molecule has 0 spiro atoms. The third-order valence-corrected chi connectivity index (χ3v) is 3.71. The molecule has 0 bridgehead atoms. The molecule has 0 amide bonds. The maximum Gasteiger partial charge on any atom is 0.345 e. The number of aromatic nitrogens is 1. The summed E-state index contributed by atoms with van der Waals surface area (Å²) >= 11 is 1.29. The van der Waals surface area contributed by atoms with Gasteiger partial charge in [0.25, 0.3) is 0 Å². The minimum Gasteiger partial charge on any atom is -0.477 e. The van der Waals surface area contributed by atoms with Gasteiger partial charge in [0.2, 0.25) is 0 Å². The Hall–Kier alpha value is -1.88. The summed E-state index contributed by atoms with van der Waals surface area (Å²) in [6.07, 6.45) is 1.76. The molecule has 0 saturated carbocycles. The Bertz CT molecular complexity index is 525. The lowest BCUT2D eigenvalue weighted by Gasteiger charge is -2.20. The number of carbonyl (C=O) groups is 1. The zero-order valence-electron chi connectivity index (χ0n) is 10.0. The lowest BCUT2D eigenvalue weighted by molar-refractivity contribution is 0.0702. The SMILES string of the molecule is CCN(Cc1ccccn1)c1ccc(C(=O)O)s1. The van der Waals surface area contributed by atoms with E-state index in [0.717, 1.165) is 17.2 Å². The molecule has 4 nitrogen and oxygen atoms in total. The van der Waals surface area contributed by atoms with Gasteiger partial charge in [0, 0.05) is 12.7 Å². The van der Waals surface area contributed by atoms with Crippen LogP contribution in [0.25, 0.3) is 0 Å². The molecule has 0 radical (unpaired) electrons. The first-order chi connectivity index (χ1) is 8.70. The highest BCUT2D eigenvalue weighted by molar-refractivity contribution is 7.17. The topological polar surface area (TPSA) is 53.4 Å². The molecule has 0 aromatic carbocycles. The van der Waals surface area contributed by atoms with E-state index in [1.54, 1.807) is 12.3 Å². The van der Waals surface area contributed by atoms with Crippen LogP contribution in [0.2, 0.25) is 0 Å². The van der Waals surface area contributed by atoms with Crippen molar-refractivity contribution in [3.05, 3.63) is 47.1 Å². The minimum atomic E-state index is -0.875. The van der Waals surface area contributed by atoms with Crippen LogP contribution in [0.3, 0.4) is 0 Å². The van der Waals surface area contributed by atoms with Crippen LogP contribution in [0.15, 0.2) is 36.5 Å². The highest BCUT2D eigenvalue weighted by atomic mass is 32.1. The van der Waals surface area contributed by atoms with Gasteiger partial charge in [-0.25, -0.2) is 4.79 Å². The van der Waals surface area contributed by atoms with Crippen LogP contribution in [0.5, 0.6) is 0 Å². The standard InChI is InChI=1S/C13H14N2O2S/c1-2-15(9-10-5-3-4-8-14-10)12-7-6-11(18-12)13(16)17/h3-8H,2,9H2,1H3,(H,16,17). The number of hydrogen-bond acceptors (Lipinski definition) is 4. The van der Waals surface area contributed by atoms with Crippen molar-refractivity contribution in [3.8, 4) is 0 Å². The average Bonchev–Trinajstić information content (AvgIpc) is 2.87.